The molecule has 4 unspecified atom stereocenters. The fourth-order valence-electron chi connectivity index (χ4n) is 4.70. The summed E-state index contributed by atoms with van der Waals surface area (Å²) in [6, 6.07) is 8.09. The molecule has 0 spiro atoms. The van der Waals surface area contributed by atoms with Gasteiger partial charge in [0.05, 0.1) is 27.6 Å². The maximum absolute atomic E-state index is 13.7. The maximum atomic E-state index is 13.7. The smallest absolute Gasteiger partial charge is 0.295 e. The summed E-state index contributed by atoms with van der Waals surface area (Å²) >= 11 is 18.8. The minimum atomic E-state index is -0.698. The van der Waals surface area contributed by atoms with Crippen LogP contribution in [0, 0.1) is 12.8 Å². The van der Waals surface area contributed by atoms with E-state index in [4.69, 9.17) is 39.5 Å². The standard InChI is InChI=1S/C23H19Cl3N2O3/c1-11-6-7-27-18(8-11)28-20(12-2-4-15(25)16(26)9-12)19-21(29)14-10-13(24)3-5-17(14)31-22(19)23(28)30/h2,4,6-9,13-14,17,20H,3,5,10H2,1H3. The van der Waals surface area contributed by atoms with E-state index in [0.717, 1.165) is 12.0 Å². The van der Waals surface area contributed by atoms with E-state index in [1.54, 1.807) is 24.4 Å². The average molecular weight is 478 g/mol. The number of ketones is 1. The first kappa shape index (κ1) is 20.8. The molecule has 1 amide bonds. The Balaban J connectivity index is 1.67. The van der Waals surface area contributed by atoms with Gasteiger partial charge in [-0.25, -0.2) is 4.98 Å². The van der Waals surface area contributed by atoms with Crippen LogP contribution in [0.5, 0.6) is 0 Å². The van der Waals surface area contributed by atoms with Crippen LogP contribution in [0.2, 0.25) is 10.0 Å². The molecule has 5 nitrogen and oxygen atoms in total. The third-order valence-electron chi connectivity index (χ3n) is 6.19. The van der Waals surface area contributed by atoms with Crippen LogP contribution in [0.15, 0.2) is 47.9 Å². The number of anilines is 1. The van der Waals surface area contributed by atoms with Gasteiger partial charge in [0.1, 0.15) is 11.9 Å². The van der Waals surface area contributed by atoms with Crippen molar-refractivity contribution in [3.8, 4) is 0 Å². The average Bonchev–Trinajstić information content (AvgIpc) is 3.03. The number of Topliss-reactive ketones (excluding diaryl/α,β-unsaturated/α-hetero) is 1. The minimum absolute atomic E-state index is 0.0778. The number of carbonyl (C=O) groups is 2. The van der Waals surface area contributed by atoms with Crippen LogP contribution in [0.4, 0.5) is 5.82 Å². The van der Waals surface area contributed by atoms with Gasteiger partial charge < -0.3 is 4.74 Å². The van der Waals surface area contributed by atoms with Crippen molar-refractivity contribution in [3.63, 3.8) is 0 Å². The van der Waals surface area contributed by atoms with Crippen LogP contribution in [-0.2, 0) is 14.3 Å². The van der Waals surface area contributed by atoms with Gasteiger partial charge in [-0.1, -0.05) is 29.3 Å². The zero-order valence-electron chi connectivity index (χ0n) is 16.6. The van der Waals surface area contributed by atoms with Gasteiger partial charge in [-0.3, -0.25) is 14.5 Å². The van der Waals surface area contributed by atoms with Gasteiger partial charge >= 0.3 is 0 Å². The molecule has 1 fully saturated rings. The number of carbonyl (C=O) groups excluding carboxylic acids is 2. The molecule has 0 bridgehead atoms. The molecule has 2 aliphatic heterocycles. The van der Waals surface area contributed by atoms with Crippen LogP contribution in [-0.4, -0.2) is 28.2 Å². The number of fused-ring (bicyclic) bond motifs is 1. The van der Waals surface area contributed by atoms with Gasteiger partial charge in [0, 0.05) is 11.6 Å². The molecular weight excluding hydrogens is 459 g/mol. The van der Waals surface area contributed by atoms with Crippen molar-refractivity contribution in [1.82, 2.24) is 4.98 Å². The Kier molecular flexibility index (Phi) is 5.24. The molecular formula is C23H19Cl3N2O3. The number of rotatable bonds is 2. The van der Waals surface area contributed by atoms with Crippen LogP contribution in [0.3, 0.4) is 0 Å². The third kappa shape index (κ3) is 3.43. The lowest BCUT2D eigenvalue weighted by Gasteiger charge is -2.37. The zero-order valence-corrected chi connectivity index (χ0v) is 18.9. The summed E-state index contributed by atoms with van der Waals surface area (Å²) in [5.41, 5.74) is 1.96. The Morgan fingerprint density at radius 3 is 2.65 bits per heavy atom. The van der Waals surface area contributed by atoms with Crippen molar-refractivity contribution >= 4 is 52.3 Å². The molecule has 8 heteroatoms. The molecule has 1 aromatic carbocycles. The first-order valence-corrected chi connectivity index (χ1v) is 11.3. The lowest BCUT2D eigenvalue weighted by molar-refractivity contribution is -0.131. The number of halogens is 3. The highest BCUT2D eigenvalue weighted by atomic mass is 35.5. The highest BCUT2D eigenvalue weighted by Gasteiger charge is 2.53. The largest absolute Gasteiger partial charge is 0.483 e. The third-order valence-corrected chi connectivity index (χ3v) is 7.33. The van der Waals surface area contributed by atoms with E-state index < -0.39 is 6.04 Å². The fourth-order valence-corrected chi connectivity index (χ4v) is 5.33. The van der Waals surface area contributed by atoms with E-state index in [9.17, 15) is 9.59 Å². The summed E-state index contributed by atoms with van der Waals surface area (Å²) < 4.78 is 6.16. The highest BCUT2D eigenvalue weighted by molar-refractivity contribution is 6.42. The Bertz CT molecular complexity index is 1130. The second-order valence-electron chi connectivity index (χ2n) is 8.22. The number of ether oxygens (including phenoxy) is 1. The Hall–Kier alpha value is -2.08. The van der Waals surface area contributed by atoms with Crippen molar-refractivity contribution < 1.29 is 14.3 Å². The summed E-state index contributed by atoms with van der Waals surface area (Å²) in [5, 5.41) is 0.664. The van der Waals surface area contributed by atoms with E-state index in [1.807, 2.05) is 19.1 Å². The first-order chi connectivity index (χ1) is 14.8. The van der Waals surface area contributed by atoms with Gasteiger partial charge in [0.2, 0.25) is 0 Å². The van der Waals surface area contributed by atoms with E-state index in [-0.39, 0.29) is 34.8 Å². The first-order valence-electron chi connectivity index (χ1n) is 10.2. The van der Waals surface area contributed by atoms with Crippen molar-refractivity contribution in [1.29, 1.82) is 0 Å². The molecule has 3 heterocycles. The molecule has 1 aliphatic carbocycles. The molecule has 31 heavy (non-hydrogen) atoms. The number of pyridine rings is 1. The number of amides is 1. The summed E-state index contributed by atoms with van der Waals surface area (Å²) in [5.74, 6) is -0.262. The molecule has 2 aromatic rings. The predicted octanol–water partition coefficient (Wildman–Crippen LogP) is 5.41. The Morgan fingerprint density at radius 2 is 1.90 bits per heavy atom. The van der Waals surface area contributed by atoms with Gasteiger partial charge in [-0.05, 0) is 61.6 Å². The molecule has 0 radical (unpaired) electrons. The summed E-state index contributed by atoms with van der Waals surface area (Å²) in [6.45, 7) is 1.92. The Labute approximate surface area is 194 Å². The lowest BCUT2D eigenvalue weighted by Crippen LogP contribution is -2.41. The van der Waals surface area contributed by atoms with Crippen LogP contribution < -0.4 is 4.90 Å². The van der Waals surface area contributed by atoms with E-state index in [1.165, 1.54) is 4.90 Å². The molecule has 0 N–H and O–H groups in total. The summed E-state index contributed by atoms with van der Waals surface area (Å²) in [7, 11) is 0. The number of hydrogen-bond acceptors (Lipinski definition) is 4. The quantitative estimate of drug-likeness (QED) is 0.542. The number of benzene rings is 1. The molecule has 0 saturated heterocycles. The lowest BCUT2D eigenvalue weighted by atomic mass is 9.77. The molecule has 1 aromatic heterocycles. The number of aryl methyl sites for hydroxylation is 1. The predicted molar refractivity (Wildman–Crippen MR) is 120 cm³/mol. The van der Waals surface area contributed by atoms with Gasteiger partial charge in [0.15, 0.2) is 11.5 Å². The van der Waals surface area contributed by atoms with Crippen molar-refractivity contribution in [3.05, 3.63) is 69.0 Å². The summed E-state index contributed by atoms with van der Waals surface area (Å²) in [4.78, 5) is 33.1. The van der Waals surface area contributed by atoms with Gasteiger partial charge in [-0.2, -0.15) is 0 Å². The second-order valence-corrected chi connectivity index (χ2v) is 9.65. The van der Waals surface area contributed by atoms with E-state index in [2.05, 4.69) is 4.98 Å². The molecule has 3 aliphatic rings. The molecule has 1 saturated carbocycles. The van der Waals surface area contributed by atoms with Gasteiger partial charge in [-0.15, -0.1) is 11.6 Å². The minimum Gasteiger partial charge on any atom is -0.483 e. The Morgan fingerprint density at radius 1 is 1.10 bits per heavy atom. The molecule has 5 rings (SSSR count). The number of aromatic nitrogens is 1. The van der Waals surface area contributed by atoms with E-state index >= 15 is 0 Å². The SMILES string of the molecule is Cc1ccnc(N2C(=O)C3=C(C(=O)C4CC(Cl)CCC4O3)C2c2ccc(Cl)c(Cl)c2)c1. The van der Waals surface area contributed by atoms with Crippen molar-refractivity contribution in [2.24, 2.45) is 5.92 Å². The molecule has 4 atom stereocenters. The van der Waals surface area contributed by atoms with Crippen molar-refractivity contribution in [2.45, 2.75) is 43.7 Å². The maximum Gasteiger partial charge on any atom is 0.295 e. The fraction of sp³-hybridized carbons (Fsp3) is 0.348. The van der Waals surface area contributed by atoms with Crippen LogP contribution >= 0.6 is 34.8 Å². The second kappa shape index (κ2) is 7.80. The van der Waals surface area contributed by atoms with Crippen LogP contribution in [0.1, 0.15) is 36.4 Å². The normalized spacial score (nSPS) is 27.8. The number of alkyl halides is 1. The van der Waals surface area contributed by atoms with Crippen LogP contribution in [0.25, 0.3) is 0 Å². The summed E-state index contributed by atoms with van der Waals surface area (Å²) in [6.07, 6.45) is 3.25. The van der Waals surface area contributed by atoms with E-state index in [0.29, 0.717) is 39.8 Å². The highest BCUT2D eigenvalue weighted by Crippen LogP contribution is 2.49. The van der Waals surface area contributed by atoms with Crippen molar-refractivity contribution in [2.75, 3.05) is 4.90 Å². The number of nitrogens with zero attached hydrogens (tertiary/aromatic N) is 2. The molecule has 160 valence electrons. The monoisotopic (exact) mass is 476 g/mol. The topological polar surface area (TPSA) is 59.5 Å². The zero-order chi connectivity index (χ0) is 21.9. The van der Waals surface area contributed by atoms with Gasteiger partial charge in [0.25, 0.3) is 5.91 Å². The number of hydrogen-bond donors (Lipinski definition) is 0.